The molecule has 0 bridgehead atoms. The van der Waals surface area contributed by atoms with Gasteiger partial charge in [-0.1, -0.05) is 35.0 Å². The molecule has 0 aliphatic carbocycles. The molecule has 3 nitrogen and oxygen atoms in total. The normalized spacial score (nSPS) is 12.2. The highest BCUT2D eigenvalue weighted by atomic mass is 79.9. The van der Waals surface area contributed by atoms with Crippen molar-refractivity contribution in [2.75, 3.05) is 13.2 Å². The standard InChI is InChI=1S/C13H18BrNO2/c1-3-12(15-9-13(16)17-4-2)10-6-5-7-11(14)8-10/h5-8,12,15H,3-4,9H2,1-2H3. The minimum atomic E-state index is -0.207. The first kappa shape index (κ1) is 14.2. The summed E-state index contributed by atoms with van der Waals surface area (Å²) in [4.78, 5) is 11.3. The molecule has 0 spiro atoms. The first-order chi connectivity index (χ1) is 8.17. The maximum atomic E-state index is 11.3. The number of rotatable bonds is 6. The third-order valence-corrected chi connectivity index (χ3v) is 2.95. The van der Waals surface area contributed by atoms with E-state index in [9.17, 15) is 4.79 Å². The Balaban J connectivity index is 2.57. The zero-order valence-corrected chi connectivity index (χ0v) is 11.8. The van der Waals surface area contributed by atoms with Crippen LogP contribution >= 0.6 is 15.9 Å². The van der Waals surface area contributed by atoms with E-state index in [0.29, 0.717) is 6.61 Å². The van der Waals surface area contributed by atoms with E-state index in [4.69, 9.17) is 4.74 Å². The second kappa shape index (κ2) is 7.45. The summed E-state index contributed by atoms with van der Waals surface area (Å²) in [5.74, 6) is -0.207. The molecule has 0 aromatic heterocycles. The lowest BCUT2D eigenvalue weighted by Gasteiger charge is -2.17. The maximum Gasteiger partial charge on any atom is 0.319 e. The smallest absolute Gasteiger partial charge is 0.319 e. The van der Waals surface area contributed by atoms with Crippen LogP contribution in [0.4, 0.5) is 0 Å². The Morgan fingerprint density at radius 2 is 2.24 bits per heavy atom. The number of nitrogens with one attached hydrogen (secondary N) is 1. The van der Waals surface area contributed by atoms with Crippen LogP contribution in [0.15, 0.2) is 28.7 Å². The Bertz CT molecular complexity index is 368. The van der Waals surface area contributed by atoms with Gasteiger partial charge in [0.1, 0.15) is 0 Å². The summed E-state index contributed by atoms with van der Waals surface area (Å²) >= 11 is 3.45. The zero-order valence-electron chi connectivity index (χ0n) is 10.2. The molecule has 0 aliphatic heterocycles. The van der Waals surface area contributed by atoms with Crippen LogP contribution in [0.25, 0.3) is 0 Å². The predicted octanol–water partition coefficient (Wildman–Crippen LogP) is 3.05. The Morgan fingerprint density at radius 3 is 2.82 bits per heavy atom. The van der Waals surface area contributed by atoms with Gasteiger partial charge < -0.3 is 10.1 Å². The van der Waals surface area contributed by atoms with Crippen molar-refractivity contribution < 1.29 is 9.53 Å². The Morgan fingerprint density at radius 1 is 1.47 bits per heavy atom. The third kappa shape index (κ3) is 4.88. The lowest BCUT2D eigenvalue weighted by atomic mass is 10.0. The van der Waals surface area contributed by atoms with Gasteiger partial charge in [-0.05, 0) is 31.0 Å². The van der Waals surface area contributed by atoms with Crippen molar-refractivity contribution in [1.29, 1.82) is 0 Å². The van der Waals surface area contributed by atoms with Gasteiger partial charge in [0.25, 0.3) is 0 Å². The molecule has 1 aromatic carbocycles. The SMILES string of the molecule is CCOC(=O)CNC(CC)c1cccc(Br)c1. The van der Waals surface area contributed by atoms with Crippen molar-refractivity contribution in [2.24, 2.45) is 0 Å². The first-order valence-corrected chi connectivity index (χ1v) is 6.61. The molecule has 4 heteroatoms. The van der Waals surface area contributed by atoms with E-state index in [1.165, 1.54) is 5.56 Å². The average molecular weight is 300 g/mol. The van der Waals surface area contributed by atoms with Crippen LogP contribution in [-0.4, -0.2) is 19.1 Å². The van der Waals surface area contributed by atoms with Gasteiger partial charge in [0.05, 0.1) is 13.2 Å². The molecule has 1 unspecified atom stereocenters. The average Bonchev–Trinajstić information content (AvgIpc) is 2.30. The number of ether oxygens (including phenoxy) is 1. The molecule has 17 heavy (non-hydrogen) atoms. The molecule has 0 heterocycles. The van der Waals surface area contributed by atoms with Gasteiger partial charge >= 0.3 is 5.97 Å². The van der Waals surface area contributed by atoms with Crippen molar-refractivity contribution >= 4 is 21.9 Å². The van der Waals surface area contributed by atoms with Crippen LogP contribution in [-0.2, 0) is 9.53 Å². The predicted molar refractivity (Wildman–Crippen MR) is 71.8 cm³/mol. The van der Waals surface area contributed by atoms with E-state index in [2.05, 4.69) is 40.3 Å². The number of halogens is 1. The van der Waals surface area contributed by atoms with Crippen LogP contribution in [0.3, 0.4) is 0 Å². The number of hydrogen-bond acceptors (Lipinski definition) is 3. The largest absolute Gasteiger partial charge is 0.465 e. The summed E-state index contributed by atoms with van der Waals surface area (Å²) in [6, 6.07) is 8.27. The molecule has 0 saturated heterocycles. The Hall–Kier alpha value is -0.870. The van der Waals surface area contributed by atoms with Crippen LogP contribution in [0.2, 0.25) is 0 Å². The van der Waals surface area contributed by atoms with Crippen LogP contribution in [0, 0.1) is 0 Å². The van der Waals surface area contributed by atoms with Crippen molar-refractivity contribution in [3.8, 4) is 0 Å². The van der Waals surface area contributed by atoms with Crippen molar-refractivity contribution in [3.63, 3.8) is 0 Å². The topological polar surface area (TPSA) is 38.3 Å². The van der Waals surface area contributed by atoms with Crippen LogP contribution in [0.5, 0.6) is 0 Å². The van der Waals surface area contributed by atoms with Crippen LogP contribution < -0.4 is 5.32 Å². The van der Waals surface area contributed by atoms with Gasteiger partial charge in [-0.15, -0.1) is 0 Å². The van der Waals surface area contributed by atoms with Gasteiger partial charge in [0, 0.05) is 10.5 Å². The minimum Gasteiger partial charge on any atom is -0.465 e. The molecule has 0 saturated carbocycles. The number of esters is 1. The summed E-state index contributed by atoms with van der Waals surface area (Å²) in [5.41, 5.74) is 1.17. The zero-order chi connectivity index (χ0) is 12.7. The summed E-state index contributed by atoms with van der Waals surface area (Å²) in [5, 5.41) is 3.20. The number of carbonyl (C=O) groups excluding carboxylic acids is 1. The monoisotopic (exact) mass is 299 g/mol. The van der Waals surface area contributed by atoms with Crippen molar-refractivity contribution in [1.82, 2.24) is 5.32 Å². The third-order valence-electron chi connectivity index (χ3n) is 2.46. The lowest BCUT2D eigenvalue weighted by Crippen LogP contribution is -2.28. The summed E-state index contributed by atoms with van der Waals surface area (Å²) < 4.78 is 5.93. The van der Waals surface area contributed by atoms with Crippen LogP contribution in [0.1, 0.15) is 31.9 Å². The van der Waals surface area contributed by atoms with E-state index in [1.54, 1.807) is 0 Å². The van der Waals surface area contributed by atoms with Gasteiger partial charge in [-0.25, -0.2) is 0 Å². The first-order valence-electron chi connectivity index (χ1n) is 5.81. The molecule has 0 amide bonds. The summed E-state index contributed by atoms with van der Waals surface area (Å²) in [6.07, 6.45) is 0.926. The second-order valence-electron chi connectivity index (χ2n) is 3.70. The fraction of sp³-hybridized carbons (Fsp3) is 0.462. The van der Waals surface area contributed by atoms with E-state index in [-0.39, 0.29) is 18.6 Å². The minimum absolute atomic E-state index is 0.178. The van der Waals surface area contributed by atoms with E-state index in [1.807, 2.05) is 19.1 Å². The highest BCUT2D eigenvalue weighted by molar-refractivity contribution is 9.10. The molecular formula is C13H18BrNO2. The summed E-state index contributed by atoms with van der Waals surface area (Å²) in [7, 11) is 0. The highest BCUT2D eigenvalue weighted by Crippen LogP contribution is 2.20. The molecule has 94 valence electrons. The van der Waals surface area contributed by atoms with Gasteiger partial charge in [-0.3, -0.25) is 4.79 Å². The van der Waals surface area contributed by atoms with E-state index < -0.39 is 0 Å². The molecule has 1 N–H and O–H groups in total. The quantitative estimate of drug-likeness (QED) is 0.821. The Kier molecular flexibility index (Phi) is 6.22. The Labute approximate surface area is 111 Å². The molecule has 0 fully saturated rings. The number of carbonyl (C=O) groups is 1. The molecule has 0 radical (unpaired) electrons. The molecule has 0 aliphatic rings. The molecule has 1 aromatic rings. The van der Waals surface area contributed by atoms with Crippen molar-refractivity contribution in [2.45, 2.75) is 26.3 Å². The maximum absolute atomic E-state index is 11.3. The summed E-state index contributed by atoms with van der Waals surface area (Å²) in [6.45, 7) is 4.57. The molecule has 1 atom stereocenters. The van der Waals surface area contributed by atoms with Crippen molar-refractivity contribution in [3.05, 3.63) is 34.3 Å². The highest BCUT2D eigenvalue weighted by Gasteiger charge is 2.11. The molecule has 1 rings (SSSR count). The van der Waals surface area contributed by atoms with Gasteiger partial charge in [0.15, 0.2) is 0 Å². The number of benzene rings is 1. The lowest BCUT2D eigenvalue weighted by molar-refractivity contribution is -0.142. The van der Waals surface area contributed by atoms with Gasteiger partial charge in [-0.2, -0.15) is 0 Å². The number of hydrogen-bond donors (Lipinski definition) is 1. The molecular weight excluding hydrogens is 282 g/mol. The fourth-order valence-electron chi connectivity index (χ4n) is 1.64. The van der Waals surface area contributed by atoms with E-state index in [0.717, 1.165) is 10.9 Å². The second-order valence-corrected chi connectivity index (χ2v) is 4.62. The fourth-order valence-corrected chi connectivity index (χ4v) is 2.06. The van der Waals surface area contributed by atoms with Gasteiger partial charge in [0.2, 0.25) is 0 Å². The van der Waals surface area contributed by atoms with E-state index >= 15 is 0 Å².